The molecule has 0 unspecified atom stereocenters. The zero-order chi connectivity index (χ0) is 14.6. The van der Waals surface area contributed by atoms with Crippen LogP contribution in [-0.4, -0.2) is 43.5 Å². The smallest absolute Gasteiger partial charge is 0.224 e. The number of hydrogen-bond acceptors (Lipinski definition) is 3. The van der Waals surface area contributed by atoms with E-state index in [9.17, 15) is 13.2 Å². The first-order valence-corrected chi connectivity index (χ1v) is 8.67. The Morgan fingerprint density at radius 3 is 2.53 bits per heavy atom. The van der Waals surface area contributed by atoms with Gasteiger partial charge in [0, 0.05) is 19.1 Å². The van der Waals surface area contributed by atoms with Gasteiger partial charge in [-0.05, 0) is 32.6 Å². The molecule has 0 aliphatic carbocycles. The van der Waals surface area contributed by atoms with Gasteiger partial charge in [-0.25, -0.2) is 12.7 Å². The van der Waals surface area contributed by atoms with E-state index < -0.39 is 10.0 Å². The maximum atomic E-state index is 12.1. The van der Waals surface area contributed by atoms with Crippen molar-refractivity contribution in [3.63, 3.8) is 0 Å². The van der Waals surface area contributed by atoms with Crippen LogP contribution < -0.4 is 5.32 Å². The third-order valence-corrected chi connectivity index (χ3v) is 5.73. The van der Waals surface area contributed by atoms with Gasteiger partial charge in [0.1, 0.15) is 0 Å². The zero-order valence-electron chi connectivity index (χ0n) is 12.3. The predicted octanol–water partition coefficient (Wildman–Crippen LogP) is 1.21. The summed E-state index contributed by atoms with van der Waals surface area (Å²) >= 11 is 0. The normalized spacial score (nSPS) is 23.3. The van der Waals surface area contributed by atoms with E-state index in [1.807, 2.05) is 6.92 Å². The van der Waals surface area contributed by atoms with E-state index in [2.05, 4.69) is 19.2 Å². The van der Waals surface area contributed by atoms with Gasteiger partial charge in [0.05, 0.1) is 11.7 Å². The Kier molecular flexibility index (Phi) is 5.80. The minimum Gasteiger partial charge on any atom is -0.353 e. The fourth-order valence-electron chi connectivity index (χ4n) is 2.10. The van der Waals surface area contributed by atoms with Crippen molar-refractivity contribution in [1.82, 2.24) is 9.62 Å². The molecule has 1 saturated heterocycles. The average molecular weight is 290 g/mol. The molecule has 0 radical (unpaired) electrons. The first kappa shape index (κ1) is 16.4. The highest BCUT2D eigenvalue weighted by atomic mass is 32.2. The van der Waals surface area contributed by atoms with E-state index in [-0.39, 0.29) is 23.6 Å². The molecule has 0 saturated carbocycles. The molecule has 112 valence electrons. The maximum absolute atomic E-state index is 12.1. The van der Waals surface area contributed by atoms with E-state index in [0.29, 0.717) is 19.0 Å². The molecule has 0 aromatic carbocycles. The molecule has 1 aliphatic rings. The summed E-state index contributed by atoms with van der Waals surface area (Å²) in [6, 6.07) is 0.116. The number of carbonyl (C=O) groups is 1. The zero-order valence-corrected chi connectivity index (χ0v) is 13.2. The number of hydrogen-bond donors (Lipinski definition) is 1. The van der Waals surface area contributed by atoms with Crippen molar-refractivity contribution in [2.45, 2.75) is 46.6 Å². The van der Waals surface area contributed by atoms with Crippen molar-refractivity contribution >= 4 is 15.9 Å². The number of amides is 1. The Labute approximate surface area is 116 Å². The highest BCUT2D eigenvalue weighted by Crippen LogP contribution is 2.20. The fourth-order valence-corrected chi connectivity index (χ4v) is 3.28. The topological polar surface area (TPSA) is 66.5 Å². The number of carbonyl (C=O) groups excluding carboxylic acids is 1. The molecule has 1 heterocycles. The van der Waals surface area contributed by atoms with Crippen molar-refractivity contribution in [1.29, 1.82) is 0 Å². The SMILES string of the molecule is CCS(=O)(=O)N1CCC[C@H](C(=O)N[C@@H](C)C(C)C)C1. The molecule has 1 aliphatic heterocycles. The number of rotatable bonds is 5. The van der Waals surface area contributed by atoms with Gasteiger partial charge in [0.25, 0.3) is 0 Å². The highest BCUT2D eigenvalue weighted by Gasteiger charge is 2.31. The van der Waals surface area contributed by atoms with Crippen LogP contribution in [0.25, 0.3) is 0 Å². The molecule has 2 atom stereocenters. The summed E-state index contributed by atoms with van der Waals surface area (Å²) < 4.78 is 25.2. The lowest BCUT2D eigenvalue weighted by Gasteiger charge is -2.32. The van der Waals surface area contributed by atoms with Crippen molar-refractivity contribution in [2.75, 3.05) is 18.8 Å². The molecule has 0 aromatic heterocycles. The minimum atomic E-state index is -3.18. The molecular weight excluding hydrogens is 264 g/mol. The molecule has 1 amide bonds. The third kappa shape index (κ3) is 4.45. The molecule has 0 aromatic rings. The molecular formula is C13H26N2O3S. The van der Waals surface area contributed by atoms with Crippen LogP contribution in [0.3, 0.4) is 0 Å². The largest absolute Gasteiger partial charge is 0.353 e. The minimum absolute atomic E-state index is 0.0165. The summed E-state index contributed by atoms with van der Waals surface area (Å²) in [7, 11) is -3.18. The van der Waals surface area contributed by atoms with E-state index in [4.69, 9.17) is 0 Å². The van der Waals surface area contributed by atoms with Gasteiger partial charge < -0.3 is 5.32 Å². The Balaban J connectivity index is 2.62. The Hall–Kier alpha value is -0.620. The van der Waals surface area contributed by atoms with Crippen LogP contribution in [0.5, 0.6) is 0 Å². The first-order valence-electron chi connectivity index (χ1n) is 7.06. The van der Waals surface area contributed by atoms with Gasteiger partial charge in [0.2, 0.25) is 15.9 Å². The van der Waals surface area contributed by atoms with E-state index in [1.54, 1.807) is 6.92 Å². The van der Waals surface area contributed by atoms with Crippen LogP contribution in [0.1, 0.15) is 40.5 Å². The molecule has 1 fully saturated rings. The lowest BCUT2D eigenvalue weighted by Crippen LogP contribution is -2.48. The third-order valence-electron chi connectivity index (χ3n) is 3.88. The van der Waals surface area contributed by atoms with Gasteiger partial charge >= 0.3 is 0 Å². The lowest BCUT2D eigenvalue weighted by atomic mass is 9.97. The van der Waals surface area contributed by atoms with Gasteiger partial charge in [-0.2, -0.15) is 0 Å². The van der Waals surface area contributed by atoms with Crippen molar-refractivity contribution in [2.24, 2.45) is 11.8 Å². The van der Waals surface area contributed by atoms with Gasteiger partial charge in [0.15, 0.2) is 0 Å². The summed E-state index contributed by atoms with van der Waals surface area (Å²) in [6.45, 7) is 8.59. The highest BCUT2D eigenvalue weighted by molar-refractivity contribution is 7.89. The second-order valence-corrected chi connectivity index (χ2v) is 7.90. The fraction of sp³-hybridized carbons (Fsp3) is 0.923. The molecule has 6 heteroatoms. The quantitative estimate of drug-likeness (QED) is 0.827. The van der Waals surface area contributed by atoms with Crippen LogP contribution in [0.4, 0.5) is 0 Å². The predicted molar refractivity (Wildman–Crippen MR) is 76.2 cm³/mol. The Morgan fingerprint density at radius 2 is 2.00 bits per heavy atom. The van der Waals surface area contributed by atoms with Crippen molar-refractivity contribution in [3.05, 3.63) is 0 Å². The second kappa shape index (κ2) is 6.70. The van der Waals surface area contributed by atoms with Gasteiger partial charge in [-0.15, -0.1) is 0 Å². The van der Waals surface area contributed by atoms with Crippen molar-refractivity contribution < 1.29 is 13.2 Å². The second-order valence-electron chi connectivity index (χ2n) is 5.64. The number of piperidine rings is 1. The average Bonchev–Trinajstić information content (AvgIpc) is 2.38. The summed E-state index contributed by atoms with van der Waals surface area (Å²) in [6.07, 6.45) is 1.53. The van der Waals surface area contributed by atoms with Crippen LogP contribution in [0, 0.1) is 11.8 Å². The van der Waals surface area contributed by atoms with Crippen LogP contribution in [0.2, 0.25) is 0 Å². The molecule has 0 spiro atoms. The van der Waals surface area contributed by atoms with Gasteiger partial charge in [-0.1, -0.05) is 13.8 Å². The van der Waals surface area contributed by atoms with E-state index in [1.165, 1.54) is 4.31 Å². The maximum Gasteiger partial charge on any atom is 0.224 e. The number of sulfonamides is 1. The number of nitrogens with zero attached hydrogens (tertiary/aromatic N) is 1. The first-order chi connectivity index (χ1) is 8.77. The molecule has 1 N–H and O–H groups in total. The monoisotopic (exact) mass is 290 g/mol. The summed E-state index contributed by atoms with van der Waals surface area (Å²) in [5.41, 5.74) is 0. The molecule has 5 nitrogen and oxygen atoms in total. The van der Waals surface area contributed by atoms with E-state index in [0.717, 1.165) is 12.8 Å². The standard InChI is InChI=1S/C13H26N2O3S/c1-5-19(17,18)15-8-6-7-12(9-15)13(16)14-11(4)10(2)3/h10-12H,5-9H2,1-4H3,(H,14,16)/t11-,12-/m0/s1. The summed E-state index contributed by atoms with van der Waals surface area (Å²) in [5.74, 6) is 0.250. The van der Waals surface area contributed by atoms with Crippen molar-refractivity contribution in [3.8, 4) is 0 Å². The number of nitrogens with one attached hydrogen (secondary N) is 1. The summed E-state index contributed by atoms with van der Waals surface area (Å²) in [4.78, 5) is 12.1. The molecule has 0 bridgehead atoms. The van der Waals surface area contributed by atoms with Crippen LogP contribution in [-0.2, 0) is 14.8 Å². The Bertz CT molecular complexity index is 406. The molecule has 19 heavy (non-hydrogen) atoms. The van der Waals surface area contributed by atoms with Gasteiger partial charge in [-0.3, -0.25) is 4.79 Å². The van der Waals surface area contributed by atoms with Crippen LogP contribution >= 0.6 is 0 Å². The Morgan fingerprint density at radius 1 is 1.37 bits per heavy atom. The summed E-state index contributed by atoms with van der Waals surface area (Å²) in [5, 5.41) is 2.98. The molecule has 1 rings (SSSR count). The van der Waals surface area contributed by atoms with E-state index >= 15 is 0 Å². The van der Waals surface area contributed by atoms with Crippen LogP contribution in [0.15, 0.2) is 0 Å². The lowest BCUT2D eigenvalue weighted by molar-refractivity contribution is -0.127.